The van der Waals surface area contributed by atoms with Gasteiger partial charge in [0.1, 0.15) is 11.8 Å². The summed E-state index contributed by atoms with van der Waals surface area (Å²) in [6.45, 7) is 1.43. The highest BCUT2D eigenvalue weighted by molar-refractivity contribution is 7.52. The lowest BCUT2D eigenvalue weighted by molar-refractivity contribution is -0.138. The molecule has 0 saturated heterocycles. The lowest BCUT2D eigenvalue weighted by atomic mass is 9.81. The van der Waals surface area contributed by atoms with Crippen LogP contribution in [-0.4, -0.2) is 50.4 Å². The fourth-order valence-electron chi connectivity index (χ4n) is 3.61. The molecule has 3 aromatic rings. The quantitative estimate of drug-likeness (QED) is 0.343. The van der Waals surface area contributed by atoms with E-state index in [0.29, 0.717) is 29.9 Å². The molecule has 0 amide bonds. The number of nitrogens with zero attached hydrogens (tertiary/aromatic N) is 4. The molecule has 1 saturated carbocycles. The normalized spacial score (nSPS) is 20.3. The van der Waals surface area contributed by atoms with E-state index in [1.807, 2.05) is 4.57 Å². The van der Waals surface area contributed by atoms with Crippen molar-refractivity contribution in [1.29, 1.82) is 0 Å². The van der Waals surface area contributed by atoms with Crippen LogP contribution in [0.5, 0.6) is 11.6 Å². The minimum absolute atomic E-state index is 0.0497. The summed E-state index contributed by atoms with van der Waals surface area (Å²) in [5, 5.41) is 11.9. The number of carbonyl (C=O) groups is 1. The van der Waals surface area contributed by atoms with Gasteiger partial charge in [0, 0.05) is 6.04 Å². The van der Waals surface area contributed by atoms with Crippen LogP contribution >= 0.6 is 19.3 Å². The number of ether oxygens (including phenoxy) is 1. The molecule has 1 aliphatic rings. The maximum Gasteiger partial charge on any atom is 0.459 e. The smallest absolute Gasteiger partial charge is 0.459 e. The van der Waals surface area contributed by atoms with Crippen LogP contribution in [-0.2, 0) is 13.9 Å². The predicted octanol–water partition coefficient (Wildman–Crippen LogP) is 3.29. The summed E-state index contributed by atoms with van der Waals surface area (Å²) < 4.78 is 31.6. The highest BCUT2D eigenvalue weighted by atomic mass is 35.5. The molecule has 0 aliphatic heterocycles. The van der Waals surface area contributed by atoms with Crippen LogP contribution in [0.15, 0.2) is 30.6 Å². The zero-order valence-electron chi connectivity index (χ0n) is 18.4. The number of nitrogens with one attached hydrogen (secondary N) is 1. The molecule has 182 valence electrons. The molecule has 1 fully saturated rings. The summed E-state index contributed by atoms with van der Waals surface area (Å²) in [7, 11) is -2.55. The molecule has 4 N–H and O–H groups in total. The first-order valence-electron chi connectivity index (χ1n) is 10.4. The number of nitrogen functional groups attached to an aromatic ring is 1. The molecule has 1 aromatic carbocycles. The van der Waals surface area contributed by atoms with Crippen molar-refractivity contribution in [3.8, 4) is 11.6 Å². The van der Waals surface area contributed by atoms with E-state index < -0.39 is 19.8 Å². The van der Waals surface area contributed by atoms with Crippen LogP contribution in [0.3, 0.4) is 0 Å². The van der Waals surface area contributed by atoms with Gasteiger partial charge in [0.2, 0.25) is 11.8 Å². The van der Waals surface area contributed by atoms with Gasteiger partial charge in [0.25, 0.3) is 0 Å². The van der Waals surface area contributed by atoms with Gasteiger partial charge in [-0.15, -0.1) is 0 Å². The molecule has 34 heavy (non-hydrogen) atoms. The average Bonchev–Trinajstić information content (AvgIpc) is 3.17. The van der Waals surface area contributed by atoms with Crippen LogP contribution in [0.2, 0.25) is 5.02 Å². The number of rotatable bonds is 10. The Hall–Kier alpha value is -2.92. The second-order valence-electron chi connectivity index (χ2n) is 7.91. The molecular formula is C20H24ClN6O6P. The Morgan fingerprint density at radius 3 is 2.79 bits per heavy atom. The van der Waals surface area contributed by atoms with E-state index in [9.17, 15) is 14.5 Å². The number of imidazole rings is 1. The monoisotopic (exact) mass is 510 g/mol. The zero-order valence-corrected chi connectivity index (χ0v) is 20.1. The number of nitrogens with two attached hydrogens (primary N) is 1. The summed E-state index contributed by atoms with van der Waals surface area (Å²) in [5.41, 5.74) is 6.86. The summed E-state index contributed by atoms with van der Waals surface area (Å²) in [5.74, 6) is -0.633. The van der Waals surface area contributed by atoms with Crippen molar-refractivity contribution < 1.29 is 28.3 Å². The van der Waals surface area contributed by atoms with E-state index in [1.165, 1.54) is 20.1 Å². The second kappa shape index (κ2) is 9.75. The van der Waals surface area contributed by atoms with E-state index in [-0.39, 0.29) is 35.3 Å². The zero-order chi connectivity index (χ0) is 24.5. The SMILES string of the molecule is COc1nc(N)nc2c1ncn2[C@H]1C[C@@H](COP(=O)(N[C@@H](C)C(=O)O)Oc2ccccc2Cl)C1. The van der Waals surface area contributed by atoms with Gasteiger partial charge in [0.15, 0.2) is 11.2 Å². The minimum atomic E-state index is -4.04. The van der Waals surface area contributed by atoms with Crippen molar-refractivity contribution in [3.05, 3.63) is 35.6 Å². The Labute approximate surface area is 200 Å². The first-order chi connectivity index (χ1) is 16.2. The van der Waals surface area contributed by atoms with Gasteiger partial charge in [-0.1, -0.05) is 23.7 Å². The second-order valence-corrected chi connectivity index (χ2v) is 10.0. The number of para-hydroxylation sites is 1. The minimum Gasteiger partial charge on any atom is -0.480 e. The van der Waals surface area contributed by atoms with Crippen molar-refractivity contribution in [2.24, 2.45) is 5.92 Å². The number of benzene rings is 1. The largest absolute Gasteiger partial charge is 0.480 e. The van der Waals surface area contributed by atoms with Crippen molar-refractivity contribution in [2.45, 2.75) is 31.8 Å². The van der Waals surface area contributed by atoms with Gasteiger partial charge < -0.3 is 24.7 Å². The Kier molecular flexibility index (Phi) is 6.94. The molecule has 0 spiro atoms. The van der Waals surface area contributed by atoms with Gasteiger partial charge in [-0.05, 0) is 37.8 Å². The lowest BCUT2D eigenvalue weighted by Crippen LogP contribution is -2.35. The molecule has 0 bridgehead atoms. The molecule has 2 heterocycles. The standard InChI is InChI=1S/C20H24ClN6O6P/c1-11(19(28)29)26-34(30,33-15-6-4-3-5-14(15)21)32-9-12-7-13(8-12)27-10-23-16-17(27)24-20(22)25-18(16)31-2/h3-6,10-13H,7-9H2,1-2H3,(H,26,30)(H,28,29)(H2,22,24,25)/t11-,12-,13+,34?/m0/s1. The first-order valence-corrected chi connectivity index (χ1v) is 12.3. The molecule has 2 atom stereocenters. The number of hydrogen-bond donors (Lipinski definition) is 3. The average molecular weight is 511 g/mol. The van der Waals surface area contributed by atoms with Gasteiger partial charge in [0.05, 0.1) is 25.1 Å². The number of anilines is 1. The summed E-state index contributed by atoms with van der Waals surface area (Å²) in [6, 6.07) is 5.35. The Morgan fingerprint density at radius 1 is 1.38 bits per heavy atom. The van der Waals surface area contributed by atoms with Crippen molar-refractivity contribution in [2.75, 3.05) is 19.5 Å². The number of aromatic nitrogens is 4. The molecule has 14 heteroatoms. The third-order valence-electron chi connectivity index (χ3n) is 5.46. The number of hydrogen-bond acceptors (Lipinski definition) is 9. The fraction of sp³-hybridized carbons (Fsp3) is 0.400. The topological polar surface area (TPSA) is 164 Å². The number of methoxy groups -OCH3 is 1. The molecule has 1 unspecified atom stereocenters. The molecule has 1 aliphatic carbocycles. The van der Waals surface area contributed by atoms with Crippen LogP contribution in [0.4, 0.5) is 5.95 Å². The van der Waals surface area contributed by atoms with Crippen molar-refractivity contribution >= 4 is 42.4 Å². The maximum absolute atomic E-state index is 13.3. The summed E-state index contributed by atoms with van der Waals surface area (Å²) in [4.78, 5) is 23.9. The van der Waals surface area contributed by atoms with Crippen LogP contribution in [0, 0.1) is 5.92 Å². The summed E-state index contributed by atoms with van der Waals surface area (Å²) in [6.07, 6.45) is 3.04. The maximum atomic E-state index is 13.3. The Morgan fingerprint density at radius 2 is 2.12 bits per heavy atom. The number of carboxylic acids is 1. The predicted molar refractivity (Wildman–Crippen MR) is 124 cm³/mol. The van der Waals surface area contributed by atoms with Gasteiger partial charge >= 0.3 is 13.7 Å². The van der Waals surface area contributed by atoms with E-state index in [4.69, 9.17) is 31.1 Å². The lowest BCUT2D eigenvalue weighted by Gasteiger charge is -2.36. The fourth-order valence-corrected chi connectivity index (χ4v) is 5.43. The molecule has 4 rings (SSSR count). The number of halogens is 1. The molecule has 2 aromatic heterocycles. The van der Waals surface area contributed by atoms with E-state index >= 15 is 0 Å². The molecule has 0 radical (unpaired) electrons. The summed E-state index contributed by atoms with van der Waals surface area (Å²) >= 11 is 6.10. The third-order valence-corrected chi connectivity index (χ3v) is 7.40. The van der Waals surface area contributed by atoms with Crippen molar-refractivity contribution in [1.82, 2.24) is 24.6 Å². The Balaban J connectivity index is 1.43. The van der Waals surface area contributed by atoms with Crippen LogP contribution in [0.25, 0.3) is 11.2 Å². The van der Waals surface area contributed by atoms with Gasteiger partial charge in [-0.3, -0.25) is 9.32 Å². The van der Waals surface area contributed by atoms with Gasteiger partial charge in [-0.25, -0.2) is 9.55 Å². The highest BCUT2D eigenvalue weighted by Gasteiger charge is 2.37. The number of carboxylic acid groups (broad SMARTS) is 1. The molecular weight excluding hydrogens is 487 g/mol. The van der Waals surface area contributed by atoms with E-state index in [0.717, 1.165) is 0 Å². The Bertz CT molecular complexity index is 1250. The van der Waals surface area contributed by atoms with Crippen LogP contribution in [0.1, 0.15) is 25.8 Å². The number of fused-ring (bicyclic) bond motifs is 1. The van der Waals surface area contributed by atoms with Crippen molar-refractivity contribution in [3.63, 3.8) is 0 Å². The van der Waals surface area contributed by atoms with E-state index in [2.05, 4.69) is 20.0 Å². The molecule has 12 nitrogen and oxygen atoms in total. The number of aliphatic carboxylic acids is 1. The third kappa shape index (κ3) is 5.10. The van der Waals surface area contributed by atoms with Crippen LogP contribution < -0.4 is 20.1 Å². The van der Waals surface area contributed by atoms with Gasteiger partial charge in [-0.2, -0.15) is 15.1 Å². The van der Waals surface area contributed by atoms with E-state index in [1.54, 1.807) is 24.5 Å². The highest BCUT2D eigenvalue weighted by Crippen LogP contribution is 2.49. The first kappa shape index (κ1) is 24.2.